The van der Waals surface area contributed by atoms with Crippen LogP contribution in [0, 0.1) is 5.41 Å². The molecular formula is C18H27NO3. The summed E-state index contributed by atoms with van der Waals surface area (Å²) in [5, 5.41) is 2.73. The lowest BCUT2D eigenvalue weighted by molar-refractivity contribution is -0.149. The first kappa shape index (κ1) is 18.2. The average Bonchev–Trinajstić information content (AvgIpc) is 2.43. The van der Waals surface area contributed by atoms with E-state index in [-0.39, 0.29) is 23.9 Å². The van der Waals surface area contributed by atoms with Gasteiger partial charge in [0.25, 0.3) is 5.91 Å². The van der Waals surface area contributed by atoms with Crippen molar-refractivity contribution < 1.29 is 14.3 Å². The van der Waals surface area contributed by atoms with Crippen molar-refractivity contribution in [3.63, 3.8) is 0 Å². The van der Waals surface area contributed by atoms with Crippen molar-refractivity contribution in [2.45, 2.75) is 53.4 Å². The van der Waals surface area contributed by atoms with Gasteiger partial charge in [-0.05, 0) is 36.0 Å². The van der Waals surface area contributed by atoms with Crippen LogP contribution in [0.4, 0.5) is 5.69 Å². The molecule has 22 heavy (non-hydrogen) atoms. The number of rotatable bonds is 7. The van der Waals surface area contributed by atoms with Gasteiger partial charge in [0.2, 0.25) is 0 Å². The summed E-state index contributed by atoms with van der Waals surface area (Å²) >= 11 is 0. The fourth-order valence-corrected chi connectivity index (χ4v) is 1.96. The molecule has 1 aromatic carbocycles. The molecule has 0 aromatic heterocycles. The molecule has 1 amide bonds. The van der Waals surface area contributed by atoms with Crippen LogP contribution in [0.25, 0.3) is 0 Å². The predicted molar refractivity (Wildman–Crippen MR) is 88.7 cm³/mol. The zero-order valence-electron chi connectivity index (χ0n) is 14.1. The lowest BCUT2D eigenvalue weighted by atomic mass is 9.92. The summed E-state index contributed by atoms with van der Waals surface area (Å²) in [4.78, 5) is 23.3. The molecule has 0 spiro atoms. The van der Waals surface area contributed by atoms with Gasteiger partial charge in [-0.3, -0.25) is 9.59 Å². The number of esters is 1. The summed E-state index contributed by atoms with van der Waals surface area (Å²) in [6.07, 6.45) is 3.68. The molecule has 0 unspecified atom stereocenters. The van der Waals surface area contributed by atoms with E-state index >= 15 is 0 Å². The second-order valence-electron chi connectivity index (χ2n) is 6.75. The van der Waals surface area contributed by atoms with Gasteiger partial charge in [0.15, 0.2) is 6.61 Å². The first-order valence-electron chi connectivity index (χ1n) is 7.84. The summed E-state index contributed by atoms with van der Waals surface area (Å²) in [6.45, 7) is 7.78. The Hall–Kier alpha value is -1.84. The van der Waals surface area contributed by atoms with Gasteiger partial charge >= 0.3 is 5.97 Å². The quantitative estimate of drug-likeness (QED) is 0.776. The minimum absolute atomic E-state index is 0.137. The zero-order chi connectivity index (χ0) is 16.6. The van der Waals surface area contributed by atoms with Gasteiger partial charge in [-0.1, -0.05) is 46.2 Å². The first-order chi connectivity index (χ1) is 10.3. The third-order valence-corrected chi connectivity index (χ3v) is 3.10. The van der Waals surface area contributed by atoms with Crippen LogP contribution >= 0.6 is 0 Å². The summed E-state index contributed by atoms with van der Waals surface area (Å²) in [6, 6.07) is 7.77. The van der Waals surface area contributed by atoms with Crippen molar-refractivity contribution in [3.05, 3.63) is 29.8 Å². The third-order valence-electron chi connectivity index (χ3n) is 3.10. The average molecular weight is 305 g/mol. The van der Waals surface area contributed by atoms with Crippen LogP contribution in [-0.2, 0) is 20.7 Å². The minimum Gasteiger partial charge on any atom is -0.456 e. The van der Waals surface area contributed by atoms with Gasteiger partial charge < -0.3 is 10.1 Å². The Kier molecular flexibility index (Phi) is 7.09. The number of nitrogens with one attached hydrogen (secondary N) is 1. The molecule has 0 bridgehead atoms. The van der Waals surface area contributed by atoms with Gasteiger partial charge in [0.05, 0.1) is 6.42 Å². The van der Waals surface area contributed by atoms with Crippen LogP contribution in [0.1, 0.15) is 52.5 Å². The van der Waals surface area contributed by atoms with Gasteiger partial charge in [-0.15, -0.1) is 0 Å². The van der Waals surface area contributed by atoms with E-state index in [1.807, 2.05) is 45.0 Å². The highest BCUT2D eigenvalue weighted by molar-refractivity contribution is 5.92. The van der Waals surface area contributed by atoms with Crippen molar-refractivity contribution in [1.29, 1.82) is 0 Å². The molecule has 1 aromatic rings. The van der Waals surface area contributed by atoms with Crippen molar-refractivity contribution in [2.75, 3.05) is 11.9 Å². The van der Waals surface area contributed by atoms with Crippen molar-refractivity contribution in [1.82, 2.24) is 0 Å². The molecule has 0 fully saturated rings. The second kappa shape index (κ2) is 8.57. The van der Waals surface area contributed by atoms with Crippen molar-refractivity contribution in [3.8, 4) is 0 Å². The van der Waals surface area contributed by atoms with E-state index in [1.165, 1.54) is 12.0 Å². The molecular weight excluding hydrogens is 278 g/mol. The molecule has 122 valence electrons. The number of unbranched alkanes of at least 4 members (excludes halogenated alkanes) is 1. The number of carbonyl (C=O) groups excluding carboxylic acids is 2. The predicted octanol–water partition coefficient (Wildman–Crippen LogP) is 3.95. The fraction of sp³-hybridized carbons (Fsp3) is 0.556. The Morgan fingerprint density at radius 2 is 1.77 bits per heavy atom. The van der Waals surface area contributed by atoms with E-state index < -0.39 is 0 Å². The summed E-state index contributed by atoms with van der Waals surface area (Å²) in [7, 11) is 0. The molecule has 4 heteroatoms. The first-order valence-corrected chi connectivity index (χ1v) is 7.84. The number of ether oxygens (including phenoxy) is 1. The Bertz CT molecular complexity index is 486. The number of hydrogen-bond donors (Lipinski definition) is 1. The normalized spacial score (nSPS) is 11.1. The van der Waals surface area contributed by atoms with E-state index in [0.717, 1.165) is 18.5 Å². The van der Waals surface area contributed by atoms with E-state index in [0.29, 0.717) is 6.42 Å². The largest absolute Gasteiger partial charge is 0.456 e. The van der Waals surface area contributed by atoms with E-state index in [1.54, 1.807) is 0 Å². The molecule has 0 atom stereocenters. The fourth-order valence-electron chi connectivity index (χ4n) is 1.96. The highest BCUT2D eigenvalue weighted by Gasteiger charge is 2.17. The number of amides is 1. The Balaban J connectivity index is 2.37. The SMILES string of the molecule is CCCCc1ccc(NC(=O)COC(=O)CC(C)(C)C)cc1. The number of anilines is 1. The minimum atomic E-state index is -0.349. The van der Waals surface area contributed by atoms with Crippen LogP contribution in [0.2, 0.25) is 0 Å². The Morgan fingerprint density at radius 3 is 2.32 bits per heavy atom. The van der Waals surface area contributed by atoms with E-state index in [2.05, 4.69) is 12.2 Å². The molecule has 0 aliphatic rings. The Labute approximate surface area is 133 Å². The highest BCUT2D eigenvalue weighted by atomic mass is 16.5. The smallest absolute Gasteiger partial charge is 0.306 e. The summed E-state index contributed by atoms with van der Waals surface area (Å²) in [5.41, 5.74) is 1.84. The van der Waals surface area contributed by atoms with Crippen molar-refractivity contribution >= 4 is 17.6 Å². The molecule has 1 rings (SSSR count). The topological polar surface area (TPSA) is 55.4 Å². The van der Waals surface area contributed by atoms with Crippen molar-refractivity contribution in [2.24, 2.45) is 5.41 Å². The van der Waals surface area contributed by atoms with Crippen LogP contribution in [0.5, 0.6) is 0 Å². The highest BCUT2D eigenvalue weighted by Crippen LogP contribution is 2.18. The molecule has 0 saturated carbocycles. The number of hydrogen-bond acceptors (Lipinski definition) is 3. The number of benzene rings is 1. The summed E-state index contributed by atoms with van der Waals surface area (Å²) < 4.78 is 4.98. The molecule has 0 aliphatic heterocycles. The Morgan fingerprint density at radius 1 is 1.14 bits per heavy atom. The lowest BCUT2D eigenvalue weighted by Crippen LogP contribution is -2.23. The van der Waals surface area contributed by atoms with E-state index in [4.69, 9.17) is 4.74 Å². The summed E-state index contributed by atoms with van der Waals surface area (Å²) in [5.74, 6) is -0.666. The van der Waals surface area contributed by atoms with E-state index in [9.17, 15) is 9.59 Å². The molecule has 4 nitrogen and oxygen atoms in total. The number of aryl methyl sites for hydroxylation is 1. The van der Waals surface area contributed by atoms with Crippen LogP contribution in [0.15, 0.2) is 24.3 Å². The van der Waals surface area contributed by atoms with Crippen LogP contribution in [-0.4, -0.2) is 18.5 Å². The zero-order valence-corrected chi connectivity index (χ0v) is 14.1. The maximum atomic E-state index is 11.8. The standard InChI is InChI=1S/C18H27NO3/c1-5-6-7-14-8-10-15(11-9-14)19-16(20)13-22-17(21)12-18(2,3)4/h8-11H,5-7,12-13H2,1-4H3,(H,19,20). The number of carbonyl (C=O) groups is 2. The maximum absolute atomic E-state index is 11.8. The molecule has 0 radical (unpaired) electrons. The van der Waals surface area contributed by atoms with Gasteiger partial charge in [-0.2, -0.15) is 0 Å². The molecule has 0 saturated heterocycles. The lowest BCUT2D eigenvalue weighted by Gasteiger charge is -2.16. The maximum Gasteiger partial charge on any atom is 0.306 e. The van der Waals surface area contributed by atoms with Gasteiger partial charge in [-0.25, -0.2) is 0 Å². The molecule has 0 aliphatic carbocycles. The monoisotopic (exact) mass is 305 g/mol. The second-order valence-corrected chi connectivity index (χ2v) is 6.75. The van der Waals surface area contributed by atoms with Crippen LogP contribution < -0.4 is 5.32 Å². The van der Waals surface area contributed by atoms with Gasteiger partial charge in [0.1, 0.15) is 0 Å². The molecule has 1 N–H and O–H groups in total. The molecule has 0 heterocycles. The third kappa shape index (κ3) is 7.81. The van der Waals surface area contributed by atoms with Crippen LogP contribution in [0.3, 0.4) is 0 Å². The van der Waals surface area contributed by atoms with Gasteiger partial charge in [0, 0.05) is 5.69 Å².